The zero-order valence-electron chi connectivity index (χ0n) is 14.4. The number of carbonyl (C=O) groups excluding carboxylic acids is 1. The van der Waals surface area contributed by atoms with E-state index in [0.29, 0.717) is 18.9 Å². The molecule has 2 N–H and O–H groups in total. The Labute approximate surface area is 156 Å². The number of nitrogens with zero attached hydrogens (tertiary/aromatic N) is 1. The molecule has 144 valence electrons. The number of alkyl halides is 2. The fraction of sp³-hybridized carbons (Fsp3) is 0.444. The first kappa shape index (κ1) is 19.5. The molecule has 2 atom stereocenters. The van der Waals surface area contributed by atoms with Gasteiger partial charge in [0, 0.05) is 12.1 Å². The van der Waals surface area contributed by atoms with Crippen molar-refractivity contribution in [2.45, 2.75) is 46.9 Å². The molecule has 2 fully saturated rings. The highest BCUT2D eigenvalue weighted by Crippen LogP contribution is 2.37. The summed E-state index contributed by atoms with van der Waals surface area (Å²) in [6, 6.07) is 6.17. The highest BCUT2D eigenvalue weighted by atomic mass is 32.2. The SMILES string of the molecule is C=CC(F)(F)c1ccccc1S(=O)(=O)[C@@H]1CN[C@H](C(=O)NC2(C#N)CC2)C1. The topological polar surface area (TPSA) is 99.1 Å². The number of sulfone groups is 1. The summed E-state index contributed by atoms with van der Waals surface area (Å²) in [5, 5.41) is 13.5. The van der Waals surface area contributed by atoms with Gasteiger partial charge in [-0.2, -0.15) is 14.0 Å². The van der Waals surface area contributed by atoms with Gasteiger partial charge in [-0.05, 0) is 31.4 Å². The molecule has 3 rings (SSSR count). The van der Waals surface area contributed by atoms with Gasteiger partial charge in [0.2, 0.25) is 5.91 Å². The van der Waals surface area contributed by atoms with Crippen LogP contribution in [0.5, 0.6) is 0 Å². The van der Waals surface area contributed by atoms with Crippen LogP contribution in [-0.2, 0) is 20.6 Å². The van der Waals surface area contributed by atoms with Gasteiger partial charge in [-0.25, -0.2) is 8.42 Å². The van der Waals surface area contributed by atoms with E-state index >= 15 is 0 Å². The predicted molar refractivity (Wildman–Crippen MR) is 93.6 cm³/mol. The molecule has 1 heterocycles. The molecule has 9 heteroatoms. The lowest BCUT2D eigenvalue weighted by Crippen LogP contribution is -2.45. The van der Waals surface area contributed by atoms with E-state index in [1.165, 1.54) is 12.1 Å². The van der Waals surface area contributed by atoms with Crippen LogP contribution < -0.4 is 10.6 Å². The van der Waals surface area contributed by atoms with Crippen LogP contribution in [0.3, 0.4) is 0 Å². The molecule has 0 bridgehead atoms. The lowest BCUT2D eigenvalue weighted by atomic mass is 10.1. The number of nitrogens with one attached hydrogen (secondary N) is 2. The largest absolute Gasteiger partial charge is 0.336 e. The summed E-state index contributed by atoms with van der Waals surface area (Å²) in [7, 11) is -4.10. The van der Waals surface area contributed by atoms with Crippen LogP contribution in [0.2, 0.25) is 0 Å². The highest BCUT2D eigenvalue weighted by molar-refractivity contribution is 7.92. The van der Waals surface area contributed by atoms with Crippen LogP contribution in [-0.4, -0.2) is 37.7 Å². The smallest absolute Gasteiger partial charge is 0.292 e. The second kappa shape index (κ2) is 6.69. The molecule has 0 radical (unpaired) electrons. The maximum Gasteiger partial charge on any atom is 0.292 e. The summed E-state index contributed by atoms with van der Waals surface area (Å²) >= 11 is 0. The Morgan fingerprint density at radius 2 is 2.07 bits per heavy atom. The predicted octanol–water partition coefficient (Wildman–Crippen LogP) is 1.64. The zero-order valence-corrected chi connectivity index (χ0v) is 15.2. The molecule has 2 aliphatic rings. The van der Waals surface area contributed by atoms with Crippen LogP contribution in [0, 0.1) is 11.3 Å². The number of benzene rings is 1. The molecule has 0 unspecified atom stereocenters. The maximum absolute atomic E-state index is 14.1. The van der Waals surface area contributed by atoms with Crippen LogP contribution >= 0.6 is 0 Å². The number of halogens is 2. The Balaban J connectivity index is 1.81. The second-order valence-electron chi connectivity index (χ2n) is 6.87. The number of hydrogen-bond donors (Lipinski definition) is 2. The van der Waals surface area contributed by atoms with Gasteiger partial charge < -0.3 is 10.6 Å². The Morgan fingerprint density at radius 3 is 2.67 bits per heavy atom. The summed E-state index contributed by atoms with van der Waals surface area (Å²) in [4.78, 5) is 11.8. The van der Waals surface area contributed by atoms with Gasteiger partial charge in [0.25, 0.3) is 5.92 Å². The first-order valence-electron chi connectivity index (χ1n) is 8.47. The van der Waals surface area contributed by atoms with Crippen molar-refractivity contribution in [2.75, 3.05) is 6.54 Å². The molecule has 1 saturated carbocycles. The molecule has 1 amide bonds. The number of hydrogen-bond acceptors (Lipinski definition) is 5. The van der Waals surface area contributed by atoms with E-state index in [-0.39, 0.29) is 13.0 Å². The van der Waals surface area contributed by atoms with Crippen LogP contribution in [0.1, 0.15) is 24.8 Å². The van der Waals surface area contributed by atoms with Crippen molar-refractivity contribution < 1.29 is 22.0 Å². The fourth-order valence-corrected chi connectivity index (χ4v) is 5.03. The summed E-state index contributed by atoms with van der Waals surface area (Å²) in [6.07, 6.45) is 1.48. The third-order valence-electron chi connectivity index (χ3n) is 4.98. The minimum atomic E-state index is -4.10. The number of allylic oxidation sites excluding steroid dienone is 1. The third-order valence-corrected chi connectivity index (χ3v) is 7.19. The third kappa shape index (κ3) is 3.59. The summed E-state index contributed by atoms with van der Waals surface area (Å²) < 4.78 is 54.1. The summed E-state index contributed by atoms with van der Waals surface area (Å²) in [6.45, 7) is 3.04. The minimum Gasteiger partial charge on any atom is -0.336 e. The molecule has 0 spiro atoms. The Hall–Kier alpha value is -2.31. The fourth-order valence-electron chi connectivity index (χ4n) is 3.13. The lowest BCUT2D eigenvalue weighted by Gasteiger charge is -2.19. The van der Waals surface area contributed by atoms with Gasteiger partial charge in [-0.3, -0.25) is 4.79 Å². The van der Waals surface area contributed by atoms with Crippen molar-refractivity contribution in [3.63, 3.8) is 0 Å². The van der Waals surface area contributed by atoms with Crippen molar-refractivity contribution in [1.29, 1.82) is 5.26 Å². The average molecular weight is 395 g/mol. The molecule has 27 heavy (non-hydrogen) atoms. The van der Waals surface area contributed by atoms with Gasteiger partial charge in [-0.1, -0.05) is 24.8 Å². The lowest BCUT2D eigenvalue weighted by molar-refractivity contribution is -0.123. The Morgan fingerprint density at radius 1 is 1.41 bits per heavy atom. The van der Waals surface area contributed by atoms with Crippen LogP contribution in [0.4, 0.5) is 8.78 Å². The standard InChI is InChI=1S/C18H19F2N3O3S/c1-2-18(19,20)13-5-3-4-6-15(13)27(25,26)12-9-14(22-10-12)16(24)23-17(11-21)7-8-17/h2-6,12,14,22H,1,7-10H2,(H,23,24)/t12-,14-/m0/s1. The molecular formula is C18H19F2N3O3S. The normalized spacial score (nSPS) is 24.0. The van der Waals surface area contributed by atoms with Crippen LogP contribution in [0.25, 0.3) is 0 Å². The number of rotatable bonds is 6. The van der Waals surface area contributed by atoms with Crippen molar-refractivity contribution in [3.05, 3.63) is 42.5 Å². The first-order chi connectivity index (χ1) is 12.6. The van der Waals surface area contributed by atoms with E-state index in [1.807, 2.05) is 6.07 Å². The van der Waals surface area contributed by atoms with Crippen molar-refractivity contribution in [2.24, 2.45) is 0 Å². The van der Waals surface area contributed by atoms with E-state index in [2.05, 4.69) is 17.2 Å². The van der Waals surface area contributed by atoms with E-state index in [9.17, 15) is 22.0 Å². The molecule has 6 nitrogen and oxygen atoms in total. The summed E-state index contributed by atoms with van der Waals surface area (Å²) in [5.74, 6) is -3.94. The maximum atomic E-state index is 14.1. The van der Waals surface area contributed by atoms with Gasteiger partial charge in [-0.15, -0.1) is 0 Å². The summed E-state index contributed by atoms with van der Waals surface area (Å²) in [5.41, 5.74) is -1.48. The molecule has 0 aromatic heterocycles. The van der Waals surface area contributed by atoms with E-state index < -0.39 is 49.0 Å². The van der Waals surface area contributed by atoms with Crippen molar-refractivity contribution >= 4 is 15.7 Å². The molecule has 1 aliphatic heterocycles. The van der Waals surface area contributed by atoms with Gasteiger partial charge in [0.15, 0.2) is 9.84 Å². The molecular weight excluding hydrogens is 376 g/mol. The quantitative estimate of drug-likeness (QED) is 0.714. The van der Waals surface area contributed by atoms with Gasteiger partial charge in [0.05, 0.1) is 22.3 Å². The number of amides is 1. The van der Waals surface area contributed by atoms with Crippen LogP contribution in [0.15, 0.2) is 41.8 Å². The van der Waals surface area contributed by atoms with E-state index in [4.69, 9.17) is 5.26 Å². The highest BCUT2D eigenvalue weighted by Gasteiger charge is 2.47. The number of carbonyl (C=O) groups is 1. The number of nitriles is 1. The Kier molecular flexibility index (Phi) is 4.82. The molecule has 1 aliphatic carbocycles. The Bertz CT molecular complexity index is 920. The van der Waals surface area contributed by atoms with Crippen molar-refractivity contribution in [1.82, 2.24) is 10.6 Å². The van der Waals surface area contributed by atoms with E-state index in [0.717, 1.165) is 12.1 Å². The second-order valence-corrected chi connectivity index (χ2v) is 9.07. The monoisotopic (exact) mass is 395 g/mol. The molecule has 1 aromatic carbocycles. The van der Waals surface area contributed by atoms with Crippen molar-refractivity contribution in [3.8, 4) is 6.07 Å². The molecule has 1 aromatic rings. The first-order valence-corrected chi connectivity index (χ1v) is 10.0. The zero-order chi connectivity index (χ0) is 19.9. The van der Waals surface area contributed by atoms with E-state index in [1.54, 1.807) is 0 Å². The average Bonchev–Trinajstić information content (AvgIpc) is 3.23. The van der Waals surface area contributed by atoms with Gasteiger partial charge >= 0.3 is 0 Å². The van der Waals surface area contributed by atoms with Gasteiger partial charge in [0.1, 0.15) is 5.54 Å². The minimum absolute atomic E-state index is 0.0338. The molecule has 1 saturated heterocycles.